The van der Waals surface area contributed by atoms with Crippen molar-refractivity contribution in [3.63, 3.8) is 0 Å². The Morgan fingerprint density at radius 2 is 2.50 bits per heavy atom. The molecule has 1 aliphatic heterocycles. The maximum atomic E-state index is 11.9. The minimum Gasteiger partial charge on any atom is -0.467 e. The van der Waals surface area contributed by atoms with Crippen LogP contribution in [0.3, 0.4) is 0 Å². The van der Waals surface area contributed by atoms with E-state index >= 15 is 0 Å². The molecule has 1 unspecified atom stereocenters. The van der Waals surface area contributed by atoms with E-state index in [0.717, 1.165) is 5.76 Å². The second-order valence-corrected chi connectivity index (χ2v) is 3.93. The van der Waals surface area contributed by atoms with E-state index in [4.69, 9.17) is 4.42 Å². The van der Waals surface area contributed by atoms with Gasteiger partial charge in [-0.15, -0.1) is 0 Å². The summed E-state index contributed by atoms with van der Waals surface area (Å²) in [6, 6.07) is 3.23. The molecule has 0 aliphatic carbocycles. The Kier molecular flexibility index (Phi) is 2.94. The van der Waals surface area contributed by atoms with Crippen LogP contribution in [0, 0.1) is 0 Å². The molecule has 1 aromatic heterocycles. The van der Waals surface area contributed by atoms with E-state index in [-0.39, 0.29) is 17.9 Å². The van der Waals surface area contributed by atoms with Crippen molar-refractivity contribution in [3.8, 4) is 0 Å². The van der Waals surface area contributed by atoms with Crippen LogP contribution in [-0.2, 0) is 16.1 Å². The summed E-state index contributed by atoms with van der Waals surface area (Å²) < 4.78 is 5.16. The van der Waals surface area contributed by atoms with E-state index < -0.39 is 0 Å². The fourth-order valence-electron chi connectivity index (χ4n) is 1.78. The van der Waals surface area contributed by atoms with Crippen LogP contribution in [0.15, 0.2) is 22.8 Å². The second-order valence-electron chi connectivity index (χ2n) is 3.93. The molecule has 86 valence electrons. The Morgan fingerprint density at radius 1 is 1.69 bits per heavy atom. The number of nitrogens with zero attached hydrogens (tertiary/aromatic N) is 1. The zero-order valence-electron chi connectivity index (χ0n) is 9.10. The molecule has 0 radical (unpaired) electrons. The van der Waals surface area contributed by atoms with Gasteiger partial charge in [0.1, 0.15) is 11.8 Å². The Balaban J connectivity index is 1.92. The first-order valence-electron chi connectivity index (χ1n) is 5.23. The summed E-state index contributed by atoms with van der Waals surface area (Å²) in [5, 5.41) is 2.65. The molecule has 2 rings (SSSR count). The summed E-state index contributed by atoms with van der Waals surface area (Å²) in [6.45, 7) is 0.429. The fourth-order valence-corrected chi connectivity index (χ4v) is 1.78. The SMILES string of the molecule is CN(Cc1ccco1)C(=O)C1CCC(=O)N1. The monoisotopic (exact) mass is 222 g/mol. The molecule has 1 saturated heterocycles. The number of rotatable bonds is 3. The van der Waals surface area contributed by atoms with Crippen molar-refractivity contribution < 1.29 is 14.0 Å². The van der Waals surface area contributed by atoms with Crippen LogP contribution >= 0.6 is 0 Å². The summed E-state index contributed by atoms with van der Waals surface area (Å²) in [4.78, 5) is 24.4. The van der Waals surface area contributed by atoms with Crippen LogP contribution in [0.25, 0.3) is 0 Å². The smallest absolute Gasteiger partial charge is 0.245 e. The molecule has 0 aromatic carbocycles. The molecule has 1 fully saturated rings. The lowest BCUT2D eigenvalue weighted by atomic mass is 10.2. The zero-order valence-corrected chi connectivity index (χ0v) is 9.10. The van der Waals surface area contributed by atoms with Crippen LogP contribution < -0.4 is 5.32 Å². The van der Waals surface area contributed by atoms with Gasteiger partial charge in [0.25, 0.3) is 0 Å². The fraction of sp³-hybridized carbons (Fsp3) is 0.455. The average molecular weight is 222 g/mol. The molecule has 2 amide bonds. The van der Waals surface area contributed by atoms with E-state index in [2.05, 4.69) is 5.32 Å². The molecule has 0 spiro atoms. The third-order valence-corrected chi connectivity index (χ3v) is 2.64. The van der Waals surface area contributed by atoms with Crippen molar-refractivity contribution in [3.05, 3.63) is 24.2 Å². The van der Waals surface area contributed by atoms with Gasteiger partial charge in [-0.1, -0.05) is 0 Å². The number of carbonyl (C=O) groups excluding carboxylic acids is 2. The summed E-state index contributed by atoms with van der Waals surface area (Å²) in [5.74, 6) is 0.618. The maximum absolute atomic E-state index is 11.9. The number of likely N-dealkylation sites (N-methyl/N-ethyl adjacent to an activating group) is 1. The van der Waals surface area contributed by atoms with Gasteiger partial charge in [-0.2, -0.15) is 0 Å². The standard InChI is InChI=1S/C11H14N2O3/c1-13(7-8-3-2-6-16-8)11(15)9-4-5-10(14)12-9/h2-3,6,9H,4-5,7H2,1H3,(H,12,14). The number of carbonyl (C=O) groups is 2. The molecule has 0 bridgehead atoms. The minimum absolute atomic E-state index is 0.0512. The average Bonchev–Trinajstić information content (AvgIpc) is 2.88. The molecule has 16 heavy (non-hydrogen) atoms. The minimum atomic E-state index is -0.368. The van der Waals surface area contributed by atoms with E-state index in [1.165, 1.54) is 0 Å². The summed E-state index contributed by atoms with van der Waals surface area (Å²) in [6.07, 6.45) is 2.59. The highest BCUT2D eigenvalue weighted by atomic mass is 16.3. The van der Waals surface area contributed by atoms with Crippen molar-refractivity contribution >= 4 is 11.8 Å². The lowest BCUT2D eigenvalue weighted by Crippen LogP contribution is -2.42. The van der Waals surface area contributed by atoms with Crippen molar-refractivity contribution in [1.82, 2.24) is 10.2 Å². The Labute approximate surface area is 93.4 Å². The van der Waals surface area contributed by atoms with E-state index in [1.54, 1.807) is 24.3 Å². The third kappa shape index (κ3) is 2.24. The van der Waals surface area contributed by atoms with Gasteiger partial charge in [-0.25, -0.2) is 0 Å². The molecule has 5 nitrogen and oxygen atoms in total. The van der Waals surface area contributed by atoms with Crippen LogP contribution in [-0.4, -0.2) is 29.8 Å². The van der Waals surface area contributed by atoms with Gasteiger partial charge in [0.15, 0.2) is 0 Å². The molecule has 1 aromatic rings. The van der Waals surface area contributed by atoms with Gasteiger partial charge in [0.2, 0.25) is 11.8 Å². The van der Waals surface area contributed by atoms with Gasteiger partial charge in [-0.05, 0) is 18.6 Å². The predicted octanol–water partition coefficient (Wildman–Crippen LogP) is 0.517. The summed E-state index contributed by atoms with van der Waals surface area (Å²) in [7, 11) is 1.70. The van der Waals surface area contributed by atoms with Gasteiger partial charge >= 0.3 is 0 Å². The summed E-state index contributed by atoms with van der Waals surface area (Å²) >= 11 is 0. The molecular weight excluding hydrogens is 208 g/mol. The number of hydrogen-bond acceptors (Lipinski definition) is 3. The summed E-state index contributed by atoms with van der Waals surface area (Å²) in [5.41, 5.74) is 0. The van der Waals surface area contributed by atoms with E-state index in [9.17, 15) is 9.59 Å². The quantitative estimate of drug-likeness (QED) is 0.810. The molecule has 0 saturated carbocycles. The highest BCUT2D eigenvalue weighted by Crippen LogP contribution is 2.11. The van der Waals surface area contributed by atoms with Crippen LogP contribution in [0.1, 0.15) is 18.6 Å². The highest BCUT2D eigenvalue weighted by Gasteiger charge is 2.29. The van der Waals surface area contributed by atoms with Crippen LogP contribution in [0.4, 0.5) is 0 Å². The number of nitrogens with one attached hydrogen (secondary N) is 1. The highest BCUT2D eigenvalue weighted by molar-refractivity contribution is 5.90. The Hall–Kier alpha value is -1.78. The van der Waals surface area contributed by atoms with Gasteiger partial charge in [0.05, 0.1) is 12.8 Å². The van der Waals surface area contributed by atoms with Crippen molar-refractivity contribution in [2.45, 2.75) is 25.4 Å². The largest absolute Gasteiger partial charge is 0.467 e. The molecule has 1 atom stereocenters. The van der Waals surface area contributed by atoms with Crippen molar-refractivity contribution in [2.75, 3.05) is 7.05 Å². The lowest BCUT2D eigenvalue weighted by molar-refractivity contribution is -0.133. The molecule has 1 N–H and O–H groups in total. The van der Waals surface area contributed by atoms with Crippen molar-refractivity contribution in [2.24, 2.45) is 0 Å². The van der Waals surface area contributed by atoms with E-state index in [1.807, 2.05) is 6.07 Å². The topological polar surface area (TPSA) is 62.6 Å². The first-order chi connectivity index (χ1) is 7.66. The molecular formula is C11H14N2O3. The van der Waals surface area contributed by atoms with Gasteiger partial charge in [-0.3, -0.25) is 9.59 Å². The van der Waals surface area contributed by atoms with Crippen LogP contribution in [0.5, 0.6) is 0 Å². The first kappa shape index (κ1) is 10.7. The third-order valence-electron chi connectivity index (χ3n) is 2.64. The van der Waals surface area contributed by atoms with Gasteiger partial charge < -0.3 is 14.6 Å². The first-order valence-corrected chi connectivity index (χ1v) is 5.23. The molecule has 2 heterocycles. The zero-order chi connectivity index (χ0) is 11.5. The van der Waals surface area contributed by atoms with Crippen molar-refractivity contribution in [1.29, 1.82) is 0 Å². The second kappa shape index (κ2) is 4.38. The Morgan fingerprint density at radius 3 is 3.06 bits per heavy atom. The number of furan rings is 1. The van der Waals surface area contributed by atoms with E-state index in [0.29, 0.717) is 19.4 Å². The lowest BCUT2D eigenvalue weighted by Gasteiger charge is -2.19. The molecule has 5 heteroatoms. The predicted molar refractivity (Wildman–Crippen MR) is 56.3 cm³/mol. The maximum Gasteiger partial charge on any atom is 0.245 e. The molecule has 1 aliphatic rings. The van der Waals surface area contributed by atoms with Gasteiger partial charge in [0, 0.05) is 13.5 Å². The van der Waals surface area contributed by atoms with Crippen LogP contribution in [0.2, 0.25) is 0 Å². The Bertz CT molecular complexity index is 386. The number of amides is 2. The normalized spacial score (nSPS) is 19.6. The number of hydrogen-bond donors (Lipinski definition) is 1.